The number of nitrogens with zero attached hydrogens (tertiary/aromatic N) is 2. The monoisotopic (exact) mass is 313 g/mol. The summed E-state index contributed by atoms with van der Waals surface area (Å²) in [7, 11) is 3.59. The minimum Gasteiger partial charge on any atom is -0.497 e. The Balaban J connectivity index is 2.09. The standard InChI is InChI=1S/C18H23N3O2/c1-4-5-11-21(2)17-12-14(9-10-19-17)18(22)20-15-7-6-8-16(13-15)23-3/h6-10,12-13H,4-5,11H2,1-3H3,(H,20,22). The Labute approximate surface area is 137 Å². The Bertz CT molecular complexity index is 658. The van der Waals surface area contributed by atoms with Crippen molar-refractivity contribution in [2.75, 3.05) is 30.9 Å². The number of pyridine rings is 1. The molecule has 0 bridgehead atoms. The van der Waals surface area contributed by atoms with E-state index in [0.717, 1.165) is 25.2 Å². The van der Waals surface area contributed by atoms with Crippen molar-refractivity contribution in [2.24, 2.45) is 0 Å². The topological polar surface area (TPSA) is 54.5 Å². The highest BCUT2D eigenvalue weighted by molar-refractivity contribution is 6.04. The lowest BCUT2D eigenvalue weighted by molar-refractivity contribution is 0.102. The molecule has 1 amide bonds. The number of benzene rings is 1. The fourth-order valence-electron chi connectivity index (χ4n) is 2.18. The van der Waals surface area contributed by atoms with Crippen LogP contribution in [0.15, 0.2) is 42.6 Å². The average Bonchev–Trinajstić information content (AvgIpc) is 2.59. The van der Waals surface area contributed by atoms with Gasteiger partial charge in [0.25, 0.3) is 5.91 Å². The molecule has 0 radical (unpaired) electrons. The molecule has 0 spiro atoms. The Morgan fingerprint density at radius 2 is 2.13 bits per heavy atom. The third-order valence-electron chi connectivity index (χ3n) is 3.57. The maximum Gasteiger partial charge on any atom is 0.255 e. The number of methoxy groups -OCH3 is 1. The minimum absolute atomic E-state index is 0.161. The number of unbranched alkanes of at least 4 members (excludes halogenated alkanes) is 1. The lowest BCUT2D eigenvalue weighted by atomic mass is 10.2. The summed E-state index contributed by atoms with van der Waals surface area (Å²) in [6.07, 6.45) is 3.89. The van der Waals surface area contributed by atoms with E-state index in [0.29, 0.717) is 17.0 Å². The van der Waals surface area contributed by atoms with E-state index in [4.69, 9.17) is 4.74 Å². The van der Waals surface area contributed by atoms with Crippen molar-refractivity contribution in [1.29, 1.82) is 0 Å². The predicted molar refractivity (Wildman–Crippen MR) is 93.4 cm³/mol. The summed E-state index contributed by atoms with van der Waals surface area (Å²) < 4.78 is 5.16. The number of anilines is 2. The van der Waals surface area contributed by atoms with Crippen LogP contribution >= 0.6 is 0 Å². The van der Waals surface area contributed by atoms with E-state index < -0.39 is 0 Å². The third kappa shape index (κ3) is 4.71. The summed E-state index contributed by atoms with van der Waals surface area (Å²) in [5.41, 5.74) is 1.29. The number of nitrogens with one attached hydrogen (secondary N) is 1. The maximum absolute atomic E-state index is 12.4. The summed E-state index contributed by atoms with van der Waals surface area (Å²) in [6.45, 7) is 3.07. The second kappa shape index (κ2) is 8.17. The molecule has 2 rings (SSSR count). The fraction of sp³-hybridized carbons (Fsp3) is 0.333. The Morgan fingerprint density at radius 1 is 1.30 bits per heavy atom. The molecule has 23 heavy (non-hydrogen) atoms. The quantitative estimate of drug-likeness (QED) is 0.849. The highest BCUT2D eigenvalue weighted by Gasteiger charge is 2.10. The Hall–Kier alpha value is -2.56. The van der Waals surface area contributed by atoms with Crippen molar-refractivity contribution in [3.63, 3.8) is 0 Å². The zero-order valence-electron chi connectivity index (χ0n) is 13.9. The highest BCUT2D eigenvalue weighted by atomic mass is 16.5. The molecular weight excluding hydrogens is 290 g/mol. The van der Waals surface area contributed by atoms with Gasteiger partial charge in [-0.25, -0.2) is 4.98 Å². The second-order valence-electron chi connectivity index (χ2n) is 5.36. The molecule has 1 aromatic carbocycles. The Kier molecular flexibility index (Phi) is 5.97. The molecule has 0 unspecified atom stereocenters. The summed E-state index contributed by atoms with van der Waals surface area (Å²) in [5, 5.41) is 2.88. The van der Waals surface area contributed by atoms with Gasteiger partial charge in [0.15, 0.2) is 0 Å². The van der Waals surface area contributed by atoms with Crippen LogP contribution in [-0.2, 0) is 0 Å². The summed E-state index contributed by atoms with van der Waals surface area (Å²) in [6, 6.07) is 10.8. The van der Waals surface area contributed by atoms with Crippen LogP contribution in [0.5, 0.6) is 5.75 Å². The van der Waals surface area contributed by atoms with Gasteiger partial charge < -0.3 is 15.0 Å². The lowest BCUT2D eigenvalue weighted by Gasteiger charge is -2.18. The molecule has 5 nitrogen and oxygen atoms in total. The second-order valence-corrected chi connectivity index (χ2v) is 5.36. The largest absolute Gasteiger partial charge is 0.497 e. The number of carbonyl (C=O) groups excluding carboxylic acids is 1. The molecular formula is C18H23N3O2. The zero-order chi connectivity index (χ0) is 16.7. The number of ether oxygens (including phenoxy) is 1. The van der Waals surface area contributed by atoms with E-state index in [-0.39, 0.29) is 5.91 Å². The van der Waals surface area contributed by atoms with E-state index in [9.17, 15) is 4.79 Å². The molecule has 1 N–H and O–H groups in total. The molecule has 0 saturated heterocycles. The Morgan fingerprint density at radius 3 is 2.87 bits per heavy atom. The molecule has 0 aliphatic carbocycles. The van der Waals surface area contributed by atoms with Crippen molar-refractivity contribution in [2.45, 2.75) is 19.8 Å². The van der Waals surface area contributed by atoms with Crippen LogP contribution in [0.1, 0.15) is 30.1 Å². The van der Waals surface area contributed by atoms with E-state index in [1.807, 2.05) is 31.3 Å². The molecule has 1 aromatic heterocycles. The lowest BCUT2D eigenvalue weighted by Crippen LogP contribution is -2.20. The SMILES string of the molecule is CCCCN(C)c1cc(C(=O)Nc2cccc(OC)c2)ccn1. The molecule has 0 aliphatic rings. The smallest absolute Gasteiger partial charge is 0.255 e. The molecule has 5 heteroatoms. The average molecular weight is 313 g/mol. The molecule has 0 atom stereocenters. The van der Waals surface area contributed by atoms with Gasteiger partial charge in [0.2, 0.25) is 0 Å². The predicted octanol–water partition coefficient (Wildman–Crippen LogP) is 3.58. The van der Waals surface area contributed by atoms with Crippen LogP contribution in [0.2, 0.25) is 0 Å². The molecule has 1 heterocycles. The van der Waals surface area contributed by atoms with Gasteiger partial charge in [0.05, 0.1) is 7.11 Å². The minimum atomic E-state index is -0.161. The fourth-order valence-corrected chi connectivity index (χ4v) is 2.18. The van der Waals surface area contributed by atoms with Gasteiger partial charge in [-0.15, -0.1) is 0 Å². The molecule has 0 fully saturated rings. The van der Waals surface area contributed by atoms with Crippen LogP contribution in [0.25, 0.3) is 0 Å². The van der Waals surface area contributed by atoms with Crippen LogP contribution < -0.4 is 15.0 Å². The number of amides is 1. The summed E-state index contributed by atoms with van der Waals surface area (Å²) in [4.78, 5) is 18.8. The van der Waals surface area contributed by atoms with E-state index in [1.165, 1.54) is 0 Å². The van der Waals surface area contributed by atoms with Crippen LogP contribution in [0, 0.1) is 0 Å². The van der Waals surface area contributed by atoms with Crippen molar-refractivity contribution < 1.29 is 9.53 Å². The summed E-state index contributed by atoms with van der Waals surface area (Å²) >= 11 is 0. The van der Waals surface area contributed by atoms with Crippen LogP contribution in [0.4, 0.5) is 11.5 Å². The van der Waals surface area contributed by atoms with Gasteiger partial charge >= 0.3 is 0 Å². The number of hydrogen-bond acceptors (Lipinski definition) is 4. The normalized spacial score (nSPS) is 10.2. The van der Waals surface area contributed by atoms with E-state index in [1.54, 1.807) is 25.4 Å². The van der Waals surface area contributed by atoms with Crippen molar-refractivity contribution in [1.82, 2.24) is 4.98 Å². The first-order valence-corrected chi connectivity index (χ1v) is 7.76. The number of aromatic nitrogens is 1. The van der Waals surface area contributed by atoms with Crippen LogP contribution in [0.3, 0.4) is 0 Å². The number of hydrogen-bond donors (Lipinski definition) is 1. The first-order valence-electron chi connectivity index (χ1n) is 7.76. The highest BCUT2D eigenvalue weighted by Crippen LogP contribution is 2.18. The van der Waals surface area contributed by atoms with Gasteiger partial charge in [-0.05, 0) is 30.7 Å². The van der Waals surface area contributed by atoms with Gasteiger partial charge in [-0.2, -0.15) is 0 Å². The third-order valence-corrected chi connectivity index (χ3v) is 3.57. The molecule has 0 aliphatic heterocycles. The van der Waals surface area contributed by atoms with Crippen molar-refractivity contribution >= 4 is 17.4 Å². The molecule has 2 aromatic rings. The first kappa shape index (κ1) is 16.8. The molecule has 122 valence electrons. The van der Waals surface area contributed by atoms with Crippen molar-refractivity contribution in [3.8, 4) is 5.75 Å². The van der Waals surface area contributed by atoms with Gasteiger partial charge in [0, 0.05) is 37.1 Å². The van der Waals surface area contributed by atoms with Gasteiger partial charge in [-0.1, -0.05) is 19.4 Å². The number of carbonyl (C=O) groups is 1. The van der Waals surface area contributed by atoms with E-state index in [2.05, 4.69) is 22.1 Å². The first-order chi connectivity index (χ1) is 11.1. The van der Waals surface area contributed by atoms with Crippen LogP contribution in [-0.4, -0.2) is 31.6 Å². The molecule has 0 saturated carbocycles. The number of rotatable bonds is 7. The van der Waals surface area contributed by atoms with Crippen molar-refractivity contribution in [3.05, 3.63) is 48.2 Å². The van der Waals surface area contributed by atoms with Gasteiger partial charge in [-0.3, -0.25) is 4.79 Å². The van der Waals surface area contributed by atoms with Gasteiger partial charge in [0.1, 0.15) is 11.6 Å². The zero-order valence-corrected chi connectivity index (χ0v) is 13.9. The maximum atomic E-state index is 12.4. The summed E-state index contributed by atoms with van der Waals surface area (Å²) in [5.74, 6) is 1.35. The van der Waals surface area contributed by atoms with E-state index >= 15 is 0 Å².